The highest BCUT2D eigenvalue weighted by Gasteiger charge is 2.09. The number of aromatic nitrogens is 2. The second kappa shape index (κ2) is 5.96. The van der Waals surface area contributed by atoms with Crippen molar-refractivity contribution in [3.8, 4) is 0 Å². The number of hydrazine groups is 1. The zero-order valence-corrected chi connectivity index (χ0v) is 10.5. The molecule has 0 aliphatic rings. The lowest BCUT2D eigenvalue weighted by Crippen LogP contribution is -2.24. The molecule has 0 fully saturated rings. The second-order valence-corrected chi connectivity index (χ2v) is 3.83. The summed E-state index contributed by atoms with van der Waals surface area (Å²) in [4.78, 5) is 19.8. The quantitative estimate of drug-likeness (QED) is 0.544. The monoisotopic (exact) mass is 261 g/mol. The van der Waals surface area contributed by atoms with Crippen LogP contribution in [0.1, 0.15) is 29.1 Å². The maximum absolute atomic E-state index is 11.8. The van der Waals surface area contributed by atoms with Crippen LogP contribution >= 0.6 is 0 Å². The summed E-state index contributed by atoms with van der Waals surface area (Å²) in [6.07, 6.45) is 3.91. The molecule has 2 aromatic rings. The number of nitrogen functional groups attached to an aromatic ring is 1. The zero-order valence-electron chi connectivity index (χ0n) is 10.5. The fraction of sp³-hybridized carbons (Fsp3) is 0.250. The summed E-state index contributed by atoms with van der Waals surface area (Å²) in [5.74, 6) is 6.19. The molecule has 100 valence electrons. The predicted octanol–water partition coefficient (Wildman–Crippen LogP) is 0.848. The Morgan fingerprint density at radius 3 is 2.79 bits per heavy atom. The van der Waals surface area contributed by atoms with Crippen molar-refractivity contribution >= 4 is 11.6 Å². The topological polar surface area (TPSA) is 106 Å². The number of anilines is 1. The normalized spacial score (nSPS) is 10.2. The third-order valence-electron chi connectivity index (χ3n) is 2.51. The van der Waals surface area contributed by atoms with E-state index in [0.29, 0.717) is 17.3 Å². The van der Waals surface area contributed by atoms with Crippen LogP contribution in [0.2, 0.25) is 0 Å². The van der Waals surface area contributed by atoms with E-state index in [4.69, 9.17) is 10.3 Å². The van der Waals surface area contributed by atoms with Crippen molar-refractivity contribution in [2.24, 2.45) is 5.84 Å². The smallest absolute Gasteiger partial charge is 0.270 e. The van der Waals surface area contributed by atoms with Crippen molar-refractivity contribution in [3.63, 3.8) is 0 Å². The van der Waals surface area contributed by atoms with Crippen LogP contribution in [0.25, 0.3) is 0 Å². The summed E-state index contributed by atoms with van der Waals surface area (Å²) in [6.45, 7) is 2.21. The number of rotatable bonds is 5. The number of nitrogens with zero attached hydrogens (tertiary/aromatic N) is 2. The highest BCUT2D eigenvalue weighted by Crippen LogP contribution is 2.06. The highest BCUT2D eigenvalue weighted by atomic mass is 16.4. The predicted molar refractivity (Wildman–Crippen MR) is 69.1 cm³/mol. The first kappa shape index (κ1) is 13.0. The lowest BCUT2D eigenvalue weighted by molar-refractivity contribution is 0.0942. The molecule has 0 aliphatic heterocycles. The fourth-order valence-corrected chi connectivity index (χ4v) is 1.45. The molecule has 2 rings (SSSR count). The van der Waals surface area contributed by atoms with Crippen molar-refractivity contribution in [2.75, 3.05) is 5.43 Å². The average molecular weight is 261 g/mol. The van der Waals surface area contributed by atoms with Crippen LogP contribution in [-0.4, -0.2) is 15.9 Å². The van der Waals surface area contributed by atoms with Crippen molar-refractivity contribution in [1.82, 2.24) is 15.3 Å². The van der Waals surface area contributed by atoms with E-state index < -0.39 is 0 Å². The molecule has 1 amide bonds. The van der Waals surface area contributed by atoms with E-state index in [1.54, 1.807) is 18.3 Å². The lowest BCUT2D eigenvalue weighted by Gasteiger charge is -2.03. The number of hydrogen-bond donors (Lipinski definition) is 3. The van der Waals surface area contributed by atoms with Gasteiger partial charge in [0.25, 0.3) is 5.91 Å². The van der Waals surface area contributed by atoms with E-state index in [2.05, 4.69) is 20.7 Å². The molecule has 0 aromatic carbocycles. The summed E-state index contributed by atoms with van der Waals surface area (Å²) < 4.78 is 5.38. The first-order valence-electron chi connectivity index (χ1n) is 5.87. The van der Waals surface area contributed by atoms with Crippen molar-refractivity contribution in [2.45, 2.75) is 19.9 Å². The highest BCUT2D eigenvalue weighted by molar-refractivity contribution is 5.92. The molecule has 2 aromatic heterocycles. The Labute approximate surface area is 110 Å². The summed E-state index contributed by atoms with van der Waals surface area (Å²) >= 11 is 0. The minimum atomic E-state index is -0.292. The molecule has 0 atom stereocenters. The number of amides is 1. The molecule has 7 heteroatoms. The Balaban J connectivity index is 1.93. The van der Waals surface area contributed by atoms with Gasteiger partial charge in [-0.3, -0.25) is 10.6 Å². The average Bonchev–Trinajstić information content (AvgIpc) is 2.93. The number of nitrogens with two attached hydrogens (primary N) is 1. The standard InChI is InChI=1S/C12H15N5O2/c1-2-9-6-15-11(19-9)7-16-12(18)10-4-3-8(17-13)5-14-10/h3-6,17H,2,7,13H2,1H3,(H,16,18). The molecule has 2 heterocycles. The van der Waals surface area contributed by atoms with Crippen molar-refractivity contribution < 1.29 is 9.21 Å². The number of carbonyl (C=O) groups is 1. The lowest BCUT2D eigenvalue weighted by atomic mass is 10.3. The van der Waals surface area contributed by atoms with E-state index in [1.807, 2.05) is 6.92 Å². The van der Waals surface area contributed by atoms with Crippen molar-refractivity contribution in [1.29, 1.82) is 0 Å². The first-order chi connectivity index (χ1) is 9.22. The van der Waals surface area contributed by atoms with E-state index in [0.717, 1.165) is 12.2 Å². The Hall–Kier alpha value is -2.41. The van der Waals surface area contributed by atoms with E-state index >= 15 is 0 Å². The molecule has 7 nitrogen and oxygen atoms in total. The Bertz CT molecular complexity index is 550. The molecule has 19 heavy (non-hydrogen) atoms. The Morgan fingerprint density at radius 1 is 1.37 bits per heavy atom. The van der Waals surface area contributed by atoms with Gasteiger partial charge in [-0.05, 0) is 12.1 Å². The molecule has 0 spiro atoms. The van der Waals surface area contributed by atoms with Gasteiger partial charge in [-0.25, -0.2) is 9.97 Å². The summed E-state index contributed by atoms with van der Waals surface area (Å²) in [5, 5.41) is 2.68. The van der Waals surface area contributed by atoms with Gasteiger partial charge in [0.05, 0.1) is 24.6 Å². The molecule has 0 aliphatic carbocycles. The second-order valence-electron chi connectivity index (χ2n) is 3.83. The van der Waals surface area contributed by atoms with Gasteiger partial charge < -0.3 is 15.2 Å². The summed E-state index contributed by atoms with van der Waals surface area (Å²) in [7, 11) is 0. The fourth-order valence-electron chi connectivity index (χ4n) is 1.45. The maximum Gasteiger partial charge on any atom is 0.270 e. The van der Waals surface area contributed by atoms with Gasteiger partial charge in [-0.15, -0.1) is 0 Å². The zero-order chi connectivity index (χ0) is 13.7. The van der Waals surface area contributed by atoms with Crippen LogP contribution in [0, 0.1) is 0 Å². The largest absolute Gasteiger partial charge is 0.444 e. The number of pyridine rings is 1. The van der Waals surface area contributed by atoms with Gasteiger partial charge in [0.1, 0.15) is 11.5 Å². The third-order valence-corrected chi connectivity index (χ3v) is 2.51. The number of oxazole rings is 1. The van der Waals surface area contributed by atoms with Gasteiger partial charge >= 0.3 is 0 Å². The van der Waals surface area contributed by atoms with E-state index in [-0.39, 0.29) is 12.5 Å². The Morgan fingerprint density at radius 2 is 2.21 bits per heavy atom. The molecular weight excluding hydrogens is 246 g/mol. The van der Waals surface area contributed by atoms with Crippen LogP contribution in [0.3, 0.4) is 0 Å². The molecular formula is C12H15N5O2. The first-order valence-corrected chi connectivity index (χ1v) is 5.87. The Kier molecular flexibility index (Phi) is 4.09. The van der Waals surface area contributed by atoms with Crippen LogP contribution in [0.5, 0.6) is 0 Å². The van der Waals surface area contributed by atoms with Gasteiger partial charge in [-0.1, -0.05) is 6.92 Å². The van der Waals surface area contributed by atoms with Crippen molar-refractivity contribution in [3.05, 3.63) is 41.9 Å². The number of aryl methyl sites for hydroxylation is 1. The molecule has 0 saturated carbocycles. The van der Waals surface area contributed by atoms with Crippen LogP contribution in [-0.2, 0) is 13.0 Å². The minimum Gasteiger partial charge on any atom is -0.444 e. The van der Waals surface area contributed by atoms with Gasteiger partial charge in [-0.2, -0.15) is 0 Å². The SMILES string of the molecule is CCc1cnc(CNC(=O)c2ccc(NN)cn2)o1. The van der Waals surface area contributed by atoms with Crippen LogP contribution in [0.15, 0.2) is 28.9 Å². The van der Waals surface area contributed by atoms with E-state index in [1.165, 1.54) is 6.20 Å². The maximum atomic E-state index is 11.8. The van der Waals surface area contributed by atoms with Gasteiger partial charge in [0, 0.05) is 6.42 Å². The molecule has 0 saturated heterocycles. The number of hydrogen-bond acceptors (Lipinski definition) is 6. The molecule has 0 unspecified atom stereocenters. The summed E-state index contributed by atoms with van der Waals surface area (Å²) in [6, 6.07) is 3.25. The molecule has 4 N–H and O–H groups in total. The number of carbonyl (C=O) groups excluding carboxylic acids is 1. The minimum absolute atomic E-state index is 0.234. The summed E-state index contributed by atoms with van der Waals surface area (Å²) in [5.41, 5.74) is 3.38. The van der Waals surface area contributed by atoms with Gasteiger partial charge in [0.2, 0.25) is 5.89 Å². The van der Waals surface area contributed by atoms with Gasteiger partial charge in [0.15, 0.2) is 0 Å². The third kappa shape index (κ3) is 3.29. The van der Waals surface area contributed by atoms with Crippen LogP contribution in [0.4, 0.5) is 5.69 Å². The molecule has 0 radical (unpaired) electrons. The van der Waals surface area contributed by atoms with Crippen LogP contribution < -0.4 is 16.6 Å². The van der Waals surface area contributed by atoms with E-state index in [9.17, 15) is 4.79 Å². The number of nitrogens with one attached hydrogen (secondary N) is 2. The molecule has 0 bridgehead atoms.